The van der Waals surface area contributed by atoms with E-state index in [-0.39, 0.29) is 17.6 Å². The second-order valence-electron chi connectivity index (χ2n) is 6.72. The summed E-state index contributed by atoms with van der Waals surface area (Å²) >= 11 is 0. The van der Waals surface area contributed by atoms with E-state index in [9.17, 15) is 9.18 Å². The summed E-state index contributed by atoms with van der Waals surface area (Å²) in [5, 5.41) is 4.09. The SMILES string of the molecule is Cc1cc(C)cc(-c2nc([C@H]3CC(=O)N(c4ccc(F)cc4)C3)no2)c1. The minimum Gasteiger partial charge on any atom is -0.334 e. The van der Waals surface area contributed by atoms with Gasteiger partial charge in [-0.25, -0.2) is 4.39 Å². The Bertz CT molecular complexity index is 945. The van der Waals surface area contributed by atoms with E-state index in [0.29, 0.717) is 30.4 Å². The van der Waals surface area contributed by atoms with E-state index >= 15 is 0 Å². The van der Waals surface area contributed by atoms with Crippen molar-refractivity contribution in [3.05, 3.63) is 65.2 Å². The Hall–Kier alpha value is -3.02. The van der Waals surface area contributed by atoms with Crippen LogP contribution < -0.4 is 4.90 Å². The Morgan fingerprint density at radius 3 is 2.50 bits per heavy atom. The van der Waals surface area contributed by atoms with Crippen LogP contribution in [0, 0.1) is 19.7 Å². The van der Waals surface area contributed by atoms with Crippen LogP contribution in [0.5, 0.6) is 0 Å². The quantitative estimate of drug-likeness (QED) is 0.715. The van der Waals surface area contributed by atoms with E-state index < -0.39 is 0 Å². The third-order valence-corrected chi connectivity index (χ3v) is 4.54. The summed E-state index contributed by atoms with van der Waals surface area (Å²) in [4.78, 5) is 18.5. The summed E-state index contributed by atoms with van der Waals surface area (Å²) in [6.07, 6.45) is 0.309. The molecular weight excluding hydrogens is 333 g/mol. The summed E-state index contributed by atoms with van der Waals surface area (Å²) in [6.45, 7) is 4.49. The maximum atomic E-state index is 13.1. The molecule has 132 valence electrons. The molecule has 1 fully saturated rings. The molecule has 0 aliphatic carbocycles. The molecule has 2 heterocycles. The number of hydrogen-bond donors (Lipinski definition) is 0. The van der Waals surface area contributed by atoms with Gasteiger partial charge in [-0.2, -0.15) is 4.98 Å². The number of rotatable bonds is 3. The van der Waals surface area contributed by atoms with Crippen molar-refractivity contribution in [3.8, 4) is 11.5 Å². The summed E-state index contributed by atoms with van der Waals surface area (Å²) in [6, 6.07) is 12.0. The van der Waals surface area contributed by atoms with Gasteiger partial charge in [-0.15, -0.1) is 0 Å². The fourth-order valence-corrected chi connectivity index (χ4v) is 3.37. The molecule has 2 aromatic carbocycles. The van der Waals surface area contributed by atoms with E-state index in [0.717, 1.165) is 16.7 Å². The van der Waals surface area contributed by atoms with Crippen molar-refractivity contribution >= 4 is 11.6 Å². The molecule has 0 spiro atoms. The summed E-state index contributed by atoms with van der Waals surface area (Å²) < 4.78 is 18.5. The molecule has 1 aromatic heterocycles. The van der Waals surface area contributed by atoms with E-state index in [4.69, 9.17) is 4.52 Å². The van der Waals surface area contributed by atoms with Crippen LogP contribution in [-0.4, -0.2) is 22.6 Å². The van der Waals surface area contributed by atoms with Gasteiger partial charge in [-0.3, -0.25) is 4.79 Å². The monoisotopic (exact) mass is 351 g/mol. The van der Waals surface area contributed by atoms with Crippen molar-refractivity contribution in [2.75, 3.05) is 11.4 Å². The molecule has 0 unspecified atom stereocenters. The zero-order valence-electron chi connectivity index (χ0n) is 14.6. The van der Waals surface area contributed by atoms with Crippen molar-refractivity contribution in [2.24, 2.45) is 0 Å². The number of aryl methyl sites for hydroxylation is 2. The first-order valence-corrected chi connectivity index (χ1v) is 8.48. The Kier molecular flexibility index (Phi) is 4.03. The minimum atomic E-state index is -0.326. The highest BCUT2D eigenvalue weighted by atomic mass is 19.1. The smallest absolute Gasteiger partial charge is 0.257 e. The number of anilines is 1. The predicted octanol–water partition coefficient (Wildman–Crippen LogP) is 4.01. The molecule has 0 radical (unpaired) electrons. The van der Waals surface area contributed by atoms with Gasteiger partial charge in [0.1, 0.15) is 5.82 Å². The van der Waals surface area contributed by atoms with Crippen LogP contribution in [0.3, 0.4) is 0 Å². The molecule has 1 saturated heterocycles. The maximum absolute atomic E-state index is 13.1. The van der Waals surface area contributed by atoms with Gasteiger partial charge in [0.05, 0.1) is 0 Å². The average molecular weight is 351 g/mol. The summed E-state index contributed by atoms with van der Waals surface area (Å²) in [5.74, 6) is 0.486. The number of carbonyl (C=O) groups is 1. The Balaban J connectivity index is 1.56. The molecule has 0 bridgehead atoms. The Labute approximate surface area is 150 Å². The molecule has 1 aliphatic rings. The first-order valence-electron chi connectivity index (χ1n) is 8.48. The first kappa shape index (κ1) is 16.4. The van der Waals surface area contributed by atoms with E-state index in [1.165, 1.54) is 12.1 Å². The third-order valence-electron chi connectivity index (χ3n) is 4.54. The lowest BCUT2D eigenvalue weighted by atomic mass is 10.1. The van der Waals surface area contributed by atoms with Crippen molar-refractivity contribution in [3.63, 3.8) is 0 Å². The molecule has 1 aliphatic heterocycles. The fourth-order valence-electron chi connectivity index (χ4n) is 3.37. The lowest BCUT2D eigenvalue weighted by Gasteiger charge is -2.15. The molecule has 1 atom stereocenters. The highest BCUT2D eigenvalue weighted by molar-refractivity contribution is 5.96. The van der Waals surface area contributed by atoms with Gasteiger partial charge >= 0.3 is 0 Å². The normalized spacial score (nSPS) is 17.1. The van der Waals surface area contributed by atoms with Crippen LogP contribution in [0.4, 0.5) is 10.1 Å². The van der Waals surface area contributed by atoms with E-state index in [1.54, 1.807) is 17.0 Å². The average Bonchev–Trinajstić information content (AvgIpc) is 3.22. The van der Waals surface area contributed by atoms with Crippen molar-refractivity contribution in [2.45, 2.75) is 26.2 Å². The molecule has 6 heteroatoms. The second kappa shape index (κ2) is 6.37. The summed E-state index contributed by atoms with van der Waals surface area (Å²) in [7, 11) is 0. The van der Waals surface area contributed by atoms with Crippen LogP contribution in [0.1, 0.15) is 29.3 Å². The molecule has 5 nitrogen and oxygen atoms in total. The van der Waals surface area contributed by atoms with Crippen LogP contribution in [0.15, 0.2) is 47.0 Å². The van der Waals surface area contributed by atoms with Crippen LogP contribution in [0.2, 0.25) is 0 Å². The Morgan fingerprint density at radius 2 is 1.81 bits per heavy atom. The van der Waals surface area contributed by atoms with Gasteiger partial charge in [-0.05, 0) is 50.2 Å². The molecule has 26 heavy (non-hydrogen) atoms. The number of nitrogens with zero attached hydrogens (tertiary/aromatic N) is 3. The summed E-state index contributed by atoms with van der Waals surface area (Å²) in [5.41, 5.74) is 3.80. The van der Waals surface area contributed by atoms with Crippen LogP contribution in [0.25, 0.3) is 11.5 Å². The number of benzene rings is 2. The zero-order valence-corrected chi connectivity index (χ0v) is 14.6. The number of amides is 1. The van der Waals surface area contributed by atoms with E-state index in [1.807, 2.05) is 26.0 Å². The molecule has 0 N–H and O–H groups in total. The zero-order chi connectivity index (χ0) is 18.3. The number of aromatic nitrogens is 2. The first-order chi connectivity index (χ1) is 12.5. The minimum absolute atomic E-state index is 0.0284. The van der Waals surface area contributed by atoms with Gasteiger partial charge in [0.25, 0.3) is 5.89 Å². The van der Waals surface area contributed by atoms with Gasteiger partial charge in [-0.1, -0.05) is 22.3 Å². The van der Waals surface area contributed by atoms with Crippen molar-refractivity contribution in [1.29, 1.82) is 0 Å². The lowest BCUT2D eigenvalue weighted by molar-refractivity contribution is -0.117. The van der Waals surface area contributed by atoms with Gasteiger partial charge in [0, 0.05) is 30.1 Å². The topological polar surface area (TPSA) is 59.2 Å². The maximum Gasteiger partial charge on any atom is 0.257 e. The molecular formula is C20H18FN3O2. The Morgan fingerprint density at radius 1 is 1.12 bits per heavy atom. The molecule has 3 aromatic rings. The van der Waals surface area contributed by atoms with Crippen LogP contribution in [-0.2, 0) is 4.79 Å². The number of carbonyl (C=O) groups excluding carboxylic acids is 1. The van der Waals surface area contributed by atoms with Gasteiger partial charge < -0.3 is 9.42 Å². The number of halogens is 1. The predicted molar refractivity (Wildman–Crippen MR) is 95.3 cm³/mol. The third kappa shape index (κ3) is 3.10. The van der Waals surface area contributed by atoms with Crippen molar-refractivity contribution in [1.82, 2.24) is 10.1 Å². The molecule has 0 saturated carbocycles. The fraction of sp³-hybridized carbons (Fsp3) is 0.250. The van der Waals surface area contributed by atoms with Gasteiger partial charge in [0.2, 0.25) is 5.91 Å². The van der Waals surface area contributed by atoms with Crippen molar-refractivity contribution < 1.29 is 13.7 Å². The van der Waals surface area contributed by atoms with Gasteiger partial charge in [0.15, 0.2) is 5.82 Å². The highest BCUT2D eigenvalue weighted by Crippen LogP contribution is 2.31. The molecule has 4 rings (SSSR count). The second-order valence-corrected chi connectivity index (χ2v) is 6.72. The van der Waals surface area contributed by atoms with E-state index in [2.05, 4.69) is 16.2 Å². The standard InChI is InChI=1S/C20H18FN3O2/c1-12-7-13(2)9-14(8-12)20-22-19(23-26-20)15-10-18(25)24(11-15)17-5-3-16(21)4-6-17/h3-9,15H,10-11H2,1-2H3/t15-/m0/s1. The number of hydrogen-bond acceptors (Lipinski definition) is 4. The lowest BCUT2D eigenvalue weighted by Crippen LogP contribution is -2.24. The van der Waals surface area contributed by atoms with Crippen LogP contribution >= 0.6 is 0 Å². The largest absolute Gasteiger partial charge is 0.334 e. The highest BCUT2D eigenvalue weighted by Gasteiger charge is 2.34. The molecule has 1 amide bonds.